The van der Waals surface area contributed by atoms with E-state index >= 15 is 0 Å². The molecule has 1 atom stereocenters. The van der Waals surface area contributed by atoms with Gasteiger partial charge in [0.15, 0.2) is 11.5 Å². The van der Waals surface area contributed by atoms with Gasteiger partial charge in [-0.3, -0.25) is 0 Å². The summed E-state index contributed by atoms with van der Waals surface area (Å²) in [5.74, 6) is 2.07. The Hall–Kier alpha value is -1.46. The Morgan fingerprint density at radius 2 is 1.95 bits per heavy atom. The molecule has 0 aromatic heterocycles. The van der Waals surface area contributed by atoms with E-state index in [1.165, 1.54) is 0 Å². The van der Waals surface area contributed by atoms with Crippen LogP contribution < -0.4 is 19.5 Å². The van der Waals surface area contributed by atoms with Crippen LogP contribution in [0.4, 0.5) is 0 Å². The van der Waals surface area contributed by atoms with Crippen molar-refractivity contribution in [2.45, 2.75) is 31.9 Å². The van der Waals surface area contributed by atoms with Gasteiger partial charge in [-0.15, -0.1) is 0 Å². The van der Waals surface area contributed by atoms with E-state index in [4.69, 9.17) is 18.9 Å². The molecule has 0 spiro atoms. The second-order valence-corrected chi connectivity index (χ2v) is 5.13. The molecule has 1 aliphatic heterocycles. The van der Waals surface area contributed by atoms with Gasteiger partial charge in [-0.2, -0.15) is 0 Å². The van der Waals surface area contributed by atoms with Gasteiger partial charge in [0.25, 0.3) is 0 Å². The predicted octanol–water partition coefficient (Wildman–Crippen LogP) is 2.37. The van der Waals surface area contributed by atoms with Crippen LogP contribution >= 0.6 is 0 Å². The SMILES string of the molecule is CNCc1cc(OC)c(OCCC2CCCO2)c(OC)c1. The van der Waals surface area contributed by atoms with E-state index < -0.39 is 0 Å². The summed E-state index contributed by atoms with van der Waals surface area (Å²) in [7, 11) is 5.20. The fourth-order valence-corrected chi connectivity index (χ4v) is 2.55. The number of rotatable bonds is 8. The summed E-state index contributed by atoms with van der Waals surface area (Å²) in [6, 6.07) is 3.95. The van der Waals surface area contributed by atoms with Crippen molar-refractivity contribution >= 4 is 0 Å². The van der Waals surface area contributed by atoms with Gasteiger partial charge in [0.2, 0.25) is 5.75 Å². The zero-order valence-corrected chi connectivity index (χ0v) is 13.1. The summed E-state index contributed by atoms with van der Waals surface area (Å²) >= 11 is 0. The first-order valence-electron chi connectivity index (χ1n) is 7.42. The quantitative estimate of drug-likeness (QED) is 0.798. The van der Waals surface area contributed by atoms with E-state index in [1.807, 2.05) is 19.2 Å². The third-order valence-electron chi connectivity index (χ3n) is 3.61. The molecule has 1 aromatic rings. The molecule has 5 nitrogen and oxygen atoms in total. The van der Waals surface area contributed by atoms with E-state index in [0.717, 1.165) is 38.0 Å². The molecular formula is C16H25NO4. The Morgan fingerprint density at radius 3 is 2.48 bits per heavy atom. The monoisotopic (exact) mass is 295 g/mol. The summed E-state index contributed by atoms with van der Waals surface area (Å²) in [5.41, 5.74) is 1.10. The molecule has 5 heteroatoms. The van der Waals surface area contributed by atoms with Gasteiger partial charge in [-0.25, -0.2) is 0 Å². The van der Waals surface area contributed by atoms with E-state index in [-0.39, 0.29) is 0 Å². The molecule has 1 N–H and O–H groups in total. The molecule has 1 fully saturated rings. The standard InChI is InChI=1S/C16H25NO4/c1-17-11-12-9-14(18-2)16(15(10-12)19-3)21-8-6-13-5-4-7-20-13/h9-10,13,17H,4-8,11H2,1-3H3. The van der Waals surface area contributed by atoms with Crippen LogP contribution in [0.1, 0.15) is 24.8 Å². The van der Waals surface area contributed by atoms with Gasteiger partial charge in [-0.05, 0) is 37.6 Å². The summed E-state index contributed by atoms with van der Waals surface area (Å²) < 4.78 is 22.4. The number of hydrogen-bond acceptors (Lipinski definition) is 5. The summed E-state index contributed by atoms with van der Waals surface area (Å²) in [5, 5.41) is 3.12. The van der Waals surface area contributed by atoms with Gasteiger partial charge < -0.3 is 24.3 Å². The first-order chi connectivity index (χ1) is 10.3. The number of benzene rings is 1. The fourth-order valence-electron chi connectivity index (χ4n) is 2.55. The van der Waals surface area contributed by atoms with Gasteiger partial charge >= 0.3 is 0 Å². The number of methoxy groups -OCH3 is 2. The van der Waals surface area contributed by atoms with Crippen molar-refractivity contribution in [1.82, 2.24) is 5.32 Å². The van der Waals surface area contributed by atoms with E-state index in [9.17, 15) is 0 Å². The van der Waals surface area contributed by atoms with E-state index in [2.05, 4.69) is 5.32 Å². The number of ether oxygens (including phenoxy) is 4. The second kappa shape index (κ2) is 8.10. The van der Waals surface area contributed by atoms with E-state index in [0.29, 0.717) is 30.0 Å². The van der Waals surface area contributed by atoms with Gasteiger partial charge in [0.1, 0.15) is 0 Å². The van der Waals surface area contributed by atoms with Crippen molar-refractivity contribution in [3.63, 3.8) is 0 Å². The van der Waals surface area contributed by atoms with Crippen LogP contribution in [0.5, 0.6) is 17.2 Å². The van der Waals surface area contributed by atoms with Crippen LogP contribution in [0.3, 0.4) is 0 Å². The molecule has 0 saturated carbocycles. The van der Waals surface area contributed by atoms with Crippen LogP contribution in [-0.2, 0) is 11.3 Å². The highest BCUT2D eigenvalue weighted by molar-refractivity contribution is 5.53. The zero-order valence-electron chi connectivity index (χ0n) is 13.1. The fraction of sp³-hybridized carbons (Fsp3) is 0.625. The van der Waals surface area contributed by atoms with Crippen molar-refractivity contribution in [3.8, 4) is 17.2 Å². The largest absolute Gasteiger partial charge is 0.493 e. The lowest BCUT2D eigenvalue weighted by Crippen LogP contribution is -2.12. The minimum Gasteiger partial charge on any atom is -0.493 e. The molecule has 21 heavy (non-hydrogen) atoms. The van der Waals surface area contributed by atoms with Crippen molar-refractivity contribution < 1.29 is 18.9 Å². The third kappa shape index (κ3) is 4.25. The lowest BCUT2D eigenvalue weighted by molar-refractivity contribution is 0.0893. The van der Waals surface area contributed by atoms with Gasteiger partial charge in [0.05, 0.1) is 26.9 Å². The minimum absolute atomic E-state index is 0.325. The molecule has 1 aromatic carbocycles. The summed E-state index contributed by atoms with van der Waals surface area (Å²) in [4.78, 5) is 0. The smallest absolute Gasteiger partial charge is 0.203 e. The molecule has 0 amide bonds. The predicted molar refractivity (Wildman–Crippen MR) is 81.4 cm³/mol. The Kier molecular flexibility index (Phi) is 6.14. The molecule has 2 rings (SSSR count). The normalized spacial score (nSPS) is 17.8. The third-order valence-corrected chi connectivity index (χ3v) is 3.61. The maximum Gasteiger partial charge on any atom is 0.203 e. The highest BCUT2D eigenvalue weighted by atomic mass is 16.5. The summed E-state index contributed by atoms with van der Waals surface area (Å²) in [6.07, 6.45) is 3.49. The van der Waals surface area contributed by atoms with Crippen LogP contribution in [-0.4, -0.2) is 40.6 Å². The molecule has 1 aliphatic rings. The van der Waals surface area contributed by atoms with Crippen LogP contribution in [0.25, 0.3) is 0 Å². The molecule has 1 saturated heterocycles. The minimum atomic E-state index is 0.325. The topological polar surface area (TPSA) is 49.0 Å². The van der Waals surface area contributed by atoms with Gasteiger partial charge in [-0.1, -0.05) is 0 Å². The van der Waals surface area contributed by atoms with Crippen molar-refractivity contribution in [2.24, 2.45) is 0 Å². The highest BCUT2D eigenvalue weighted by Crippen LogP contribution is 2.38. The molecule has 1 heterocycles. The van der Waals surface area contributed by atoms with Crippen LogP contribution in [0.2, 0.25) is 0 Å². The molecule has 0 bridgehead atoms. The number of nitrogens with one attached hydrogen (secondary N) is 1. The first kappa shape index (κ1) is 15.9. The lowest BCUT2D eigenvalue weighted by Gasteiger charge is -2.17. The Morgan fingerprint density at radius 1 is 1.24 bits per heavy atom. The van der Waals surface area contributed by atoms with Crippen molar-refractivity contribution in [2.75, 3.05) is 34.5 Å². The maximum atomic E-state index is 5.89. The molecular weight excluding hydrogens is 270 g/mol. The second-order valence-electron chi connectivity index (χ2n) is 5.13. The lowest BCUT2D eigenvalue weighted by atomic mass is 10.1. The molecule has 1 unspecified atom stereocenters. The zero-order chi connectivity index (χ0) is 15.1. The van der Waals surface area contributed by atoms with Crippen molar-refractivity contribution in [3.05, 3.63) is 17.7 Å². The first-order valence-corrected chi connectivity index (χ1v) is 7.42. The summed E-state index contributed by atoms with van der Waals surface area (Å²) in [6.45, 7) is 2.22. The van der Waals surface area contributed by atoms with E-state index in [1.54, 1.807) is 14.2 Å². The molecule has 0 radical (unpaired) electrons. The average molecular weight is 295 g/mol. The highest BCUT2D eigenvalue weighted by Gasteiger charge is 2.18. The average Bonchev–Trinajstić information content (AvgIpc) is 3.01. The Labute approximate surface area is 126 Å². The van der Waals surface area contributed by atoms with Crippen LogP contribution in [0.15, 0.2) is 12.1 Å². The molecule has 118 valence electrons. The maximum absolute atomic E-state index is 5.89. The molecule has 0 aliphatic carbocycles. The van der Waals surface area contributed by atoms with Gasteiger partial charge in [0, 0.05) is 19.6 Å². The Balaban J connectivity index is 2.04. The Bertz CT molecular complexity index is 419. The van der Waals surface area contributed by atoms with Crippen molar-refractivity contribution in [1.29, 1.82) is 0 Å². The van der Waals surface area contributed by atoms with Crippen LogP contribution in [0, 0.1) is 0 Å². The number of hydrogen-bond donors (Lipinski definition) is 1.